The Kier molecular flexibility index (Phi) is 4.17. The topological polar surface area (TPSA) is 29.1 Å². The van der Waals surface area contributed by atoms with Crippen LogP contribution in [0.25, 0.3) is 0 Å². The Bertz CT molecular complexity index is 499. The molecule has 0 bridgehead atoms. The van der Waals surface area contributed by atoms with Gasteiger partial charge in [0.05, 0.1) is 5.69 Å². The molecule has 1 saturated carbocycles. The third kappa shape index (κ3) is 2.99. The van der Waals surface area contributed by atoms with Gasteiger partial charge in [-0.15, -0.1) is 0 Å². The summed E-state index contributed by atoms with van der Waals surface area (Å²) in [6, 6.07) is 4.80. The first-order chi connectivity index (χ1) is 8.58. The molecule has 0 amide bonds. The maximum atomic E-state index is 13.6. The van der Waals surface area contributed by atoms with Crippen LogP contribution in [0.4, 0.5) is 10.1 Å². The van der Waals surface area contributed by atoms with Crippen molar-refractivity contribution in [2.75, 3.05) is 5.32 Å². The van der Waals surface area contributed by atoms with Crippen molar-refractivity contribution in [2.24, 2.45) is 5.92 Å². The summed E-state index contributed by atoms with van der Waals surface area (Å²) >= 11 is 3.20. The van der Waals surface area contributed by atoms with E-state index >= 15 is 0 Å². The number of carbonyl (C=O) groups is 1. The van der Waals surface area contributed by atoms with Gasteiger partial charge in [0.15, 0.2) is 5.78 Å². The molecular formula is C14H15BrFNO. The Balaban J connectivity index is 2.12. The van der Waals surface area contributed by atoms with Crippen molar-refractivity contribution in [2.45, 2.75) is 26.2 Å². The highest BCUT2D eigenvalue weighted by molar-refractivity contribution is 9.10. The average Bonchev–Trinajstić information content (AvgIpc) is 2.33. The van der Waals surface area contributed by atoms with Gasteiger partial charge in [-0.2, -0.15) is 0 Å². The lowest BCUT2D eigenvalue weighted by molar-refractivity contribution is -0.119. The van der Waals surface area contributed by atoms with Gasteiger partial charge in [-0.05, 0) is 37.5 Å². The van der Waals surface area contributed by atoms with Gasteiger partial charge in [-0.1, -0.05) is 22.9 Å². The van der Waals surface area contributed by atoms with Crippen LogP contribution in [0.15, 0.2) is 34.4 Å². The van der Waals surface area contributed by atoms with Gasteiger partial charge >= 0.3 is 0 Å². The molecule has 1 aliphatic carbocycles. The highest BCUT2D eigenvalue weighted by Gasteiger charge is 2.22. The van der Waals surface area contributed by atoms with E-state index in [2.05, 4.69) is 21.2 Å². The lowest BCUT2D eigenvalue weighted by Crippen LogP contribution is -2.19. The van der Waals surface area contributed by atoms with Crippen LogP contribution in [0.1, 0.15) is 26.2 Å². The molecule has 1 aromatic carbocycles. The Morgan fingerprint density at radius 3 is 3.00 bits per heavy atom. The number of carbonyl (C=O) groups excluding carboxylic acids is 1. The van der Waals surface area contributed by atoms with Crippen molar-refractivity contribution in [3.05, 3.63) is 40.3 Å². The normalized spacial score (nSPS) is 22.3. The van der Waals surface area contributed by atoms with E-state index in [1.807, 2.05) is 6.92 Å². The Hall–Kier alpha value is -1.16. The Morgan fingerprint density at radius 1 is 1.50 bits per heavy atom. The van der Waals surface area contributed by atoms with Crippen LogP contribution < -0.4 is 5.32 Å². The monoisotopic (exact) mass is 311 g/mol. The molecule has 4 heteroatoms. The molecule has 2 nitrogen and oxygen atoms in total. The van der Waals surface area contributed by atoms with Gasteiger partial charge in [0, 0.05) is 22.2 Å². The summed E-state index contributed by atoms with van der Waals surface area (Å²) in [4.78, 5) is 11.9. The van der Waals surface area contributed by atoms with E-state index in [1.54, 1.807) is 18.3 Å². The first-order valence-electron chi connectivity index (χ1n) is 6.03. The summed E-state index contributed by atoms with van der Waals surface area (Å²) in [5, 5.41) is 2.88. The molecule has 2 rings (SSSR count). The molecule has 0 spiro atoms. The molecule has 0 radical (unpaired) electrons. The van der Waals surface area contributed by atoms with Crippen LogP contribution in [-0.2, 0) is 4.79 Å². The highest BCUT2D eigenvalue weighted by Crippen LogP contribution is 2.25. The van der Waals surface area contributed by atoms with Crippen molar-refractivity contribution >= 4 is 27.4 Å². The second kappa shape index (κ2) is 5.65. The van der Waals surface area contributed by atoms with Crippen LogP contribution in [0.3, 0.4) is 0 Å². The van der Waals surface area contributed by atoms with Crippen molar-refractivity contribution in [1.29, 1.82) is 0 Å². The molecule has 18 heavy (non-hydrogen) atoms. The average molecular weight is 312 g/mol. The fourth-order valence-electron chi connectivity index (χ4n) is 2.08. The number of hydrogen-bond acceptors (Lipinski definition) is 2. The Labute approximate surface area is 114 Å². The molecule has 1 aromatic rings. The van der Waals surface area contributed by atoms with Crippen molar-refractivity contribution in [3.63, 3.8) is 0 Å². The molecule has 1 fully saturated rings. The van der Waals surface area contributed by atoms with Crippen LogP contribution in [0.2, 0.25) is 0 Å². The van der Waals surface area contributed by atoms with Gasteiger partial charge in [0.2, 0.25) is 0 Å². The second-order valence-electron chi connectivity index (χ2n) is 4.60. The molecule has 1 atom stereocenters. The standard InChI is InChI=1S/C14H15BrFNO/c1-9-3-2-4-10(14(9)18)8-17-13-6-5-11(15)7-12(13)16/h5-9,17H,2-4H2,1H3/b10-8-/t9-/m0/s1. The Morgan fingerprint density at radius 2 is 2.28 bits per heavy atom. The first kappa shape index (κ1) is 13.3. The fraction of sp³-hybridized carbons (Fsp3) is 0.357. The van der Waals surface area contributed by atoms with Gasteiger partial charge in [0.1, 0.15) is 5.82 Å². The number of anilines is 1. The molecular weight excluding hydrogens is 297 g/mol. The van der Waals surface area contributed by atoms with Gasteiger partial charge in [-0.3, -0.25) is 4.79 Å². The third-order valence-electron chi connectivity index (χ3n) is 3.18. The summed E-state index contributed by atoms with van der Waals surface area (Å²) in [5.74, 6) is -0.0784. The third-order valence-corrected chi connectivity index (χ3v) is 3.67. The predicted molar refractivity (Wildman–Crippen MR) is 73.8 cm³/mol. The number of nitrogens with one attached hydrogen (secondary N) is 1. The molecule has 0 heterocycles. The SMILES string of the molecule is C[C@H]1CCC/C(=C/Nc2ccc(Br)cc2F)C1=O. The number of ketones is 1. The molecule has 1 N–H and O–H groups in total. The van der Waals surface area contributed by atoms with Crippen molar-refractivity contribution in [1.82, 2.24) is 0 Å². The molecule has 96 valence electrons. The van der Waals surface area contributed by atoms with E-state index < -0.39 is 0 Å². The van der Waals surface area contributed by atoms with E-state index in [9.17, 15) is 9.18 Å². The maximum Gasteiger partial charge on any atom is 0.163 e. The smallest absolute Gasteiger partial charge is 0.163 e. The van der Waals surface area contributed by atoms with E-state index in [0.29, 0.717) is 10.2 Å². The number of rotatable bonds is 2. The summed E-state index contributed by atoms with van der Waals surface area (Å²) in [6.45, 7) is 1.94. The number of hydrogen-bond donors (Lipinski definition) is 1. The van der Waals surface area contributed by atoms with Crippen LogP contribution >= 0.6 is 15.9 Å². The van der Waals surface area contributed by atoms with Crippen molar-refractivity contribution in [3.8, 4) is 0 Å². The summed E-state index contributed by atoms with van der Waals surface area (Å²) in [7, 11) is 0. The van der Waals surface area contributed by atoms with Crippen LogP contribution in [-0.4, -0.2) is 5.78 Å². The summed E-state index contributed by atoms with van der Waals surface area (Å²) in [5.41, 5.74) is 1.15. The lowest BCUT2D eigenvalue weighted by Gasteiger charge is -2.19. The van der Waals surface area contributed by atoms with E-state index in [1.165, 1.54) is 6.07 Å². The predicted octanol–water partition coefficient (Wildman–Crippen LogP) is 4.27. The molecule has 1 aliphatic rings. The van der Waals surface area contributed by atoms with Gasteiger partial charge < -0.3 is 5.32 Å². The minimum atomic E-state index is -0.336. The maximum absolute atomic E-state index is 13.6. The lowest BCUT2D eigenvalue weighted by atomic mass is 9.86. The minimum Gasteiger partial charge on any atom is -0.359 e. The van der Waals surface area contributed by atoms with Gasteiger partial charge in [-0.25, -0.2) is 4.39 Å². The number of halogens is 2. The molecule has 0 unspecified atom stereocenters. The number of benzene rings is 1. The van der Waals surface area contributed by atoms with Crippen molar-refractivity contribution < 1.29 is 9.18 Å². The first-order valence-corrected chi connectivity index (χ1v) is 6.82. The molecule has 0 saturated heterocycles. The zero-order valence-electron chi connectivity index (χ0n) is 10.2. The van der Waals surface area contributed by atoms with Crippen LogP contribution in [0, 0.1) is 11.7 Å². The molecule has 0 aliphatic heterocycles. The zero-order valence-corrected chi connectivity index (χ0v) is 11.8. The minimum absolute atomic E-state index is 0.0848. The van der Waals surface area contributed by atoms with Gasteiger partial charge in [0.25, 0.3) is 0 Å². The number of Topliss-reactive ketones (excluding diaryl/α,β-unsaturated/α-hetero) is 1. The van der Waals surface area contributed by atoms with Crippen LogP contribution in [0.5, 0.6) is 0 Å². The quantitative estimate of drug-likeness (QED) is 0.826. The molecule has 0 aromatic heterocycles. The number of allylic oxidation sites excluding steroid dienone is 1. The van der Waals surface area contributed by atoms with E-state index in [0.717, 1.165) is 24.8 Å². The second-order valence-corrected chi connectivity index (χ2v) is 5.51. The highest BCUT2D eigenvalue weighted by atomic mass is 79.9. The zero-order chi connectivity index (χ0) is 13.1. The largest absolute Gasteiger partial charge is 0.359 e. The van der Waals surface area contributed by atoms with E-state index in [4.69, 9.17) is 0 Å². The summed E-state index contributed by atoms with van der Waals surface area (Å²) in [6.07, 6.45) is 4.38. The summed E-state index contributed by atoms with van der Waals surface area (Å²) < 4.78 is 14.3. The van der Waals surface area contributed by atoms with E-state index in [-0.39, 0.29) is 17.5 Å². The fourth-order valence-corrected chi connectivity index (χ4v) is 2.42.